The van der Waals surface area contributed by atoms with E-state index >= 15 is 0 Å². The number of nitrogens with one attached hydrogen (secondary N) is 1. The van der Waals surface area contributed by atoms with E-state index in [-0.39, 0.29) is 33.4 Å². The van der Waals surface area contributed by atoms with E-state index in [4.69, 9.17) is 30.2 Å². The summed E-state index contributed by atoms with van der Waals surface area (Å²) >= 11 is 6.34. The van der Waals surface area contributed by atoms with Crippen molar-refractivity contribution in [3.8, 4) is 5.75 Å². The van der Waals surface area contributed by atoms with Crippen molar-refractivity contribution in [3.63, 3.8) is 0 Å². The molecule has 10 heteroatoms. The lowest BCUT2D eigenvalue weighted by Gasteiger charge is -2.29. The molecule has 1 aromatic carbocycles. The van der Waals surface area contributed by atoms with Gasteiger partial charge in [0, 0.05) is 37.6 Å². The Morgan fingerprint density at radius 2 is 1.82 bits per heavy atom. The fourth-order valence-corrected chi connectivity index (χ4v) is 2.88. The minimum absolute atomic E-state index is 0.0429. The fraction of sp³-hybridized carbons (Fsp3) is 0.278. The van der Waals surface area contributed by atoms with Gasteiger partial charge in [0.25, 0.3) is 5.79 Å². The van der Waals surface area contributed by atoms with E-state index in [2.05, 4.69) is 10.1 Å². The maximum atomic E-state index is 12.0. The van der Waals surface area contributed by atoms with E-state index in [0.717, 1.165) is 6.20 Å². The third-order valence-corrected chi connectivity index (χ3v) is 4.17. The monoisotopic (exact) mass is 409 g/mol. The van der Waals surface area contributed by atoms with Gasteiger partial charge in [0.05, 0.1) is 24.9 Å². The van der Waals surface area contributed by atoms with Crippen LogP contribution >= 0.6 is 11.6 Å². The van der Waals surface area contributed by atoms with Crippen LogP contribution in [0.2, 0.25) is 5.02 Å². The van der Waals surface area contributed by atoms with Gasteiger partial charge in [-0.05, 0) is 0 Å². The van der Waals surface area contributed by atoms with Crippen LogP contribution in [0.4, 0.5) is 5.69 Å². The molecule has 0 aliphatic carbocycles. The summed E-state index contributed by atoms with van der Waals surface area (Å²) in [5.41, 5.74) is 0.207. The van der Waals surface area contributed by atoms with Gasteiger partial charge in [-0.2, -0.15) is 0 Å². The third-order valence-electron chi connectivity index (χ3n) is 3.80. The summed E-state index contributed by atoms with van der Waals surface area (Å²) in [6, 6.07) is 2.92. The van der Waals surface area contributed by atoms with Crippen LogP contribution in [-0.4, -0.2) is 37.9 Å². The third kappa shape index (κ3) is 3.48. The van der Waals surface area contributed by atoms with Crippen molar-refractivity contribution in [2.75, 3.05) is 19.5 Å². The van der Waals surface area contributed by atoms with Gasteiger partial charge in [0.2, 0.25) is 5.76 Å². The SMILES string of the molecule is COC(=O)c1cc2c(Cl)c(OC)c(NC=C3C(=O)OC(C)(C)OC3=O)cc2o1. The molecule has 1 aliphatic rings. The maximum absolute atomic E-state index is 12.0. The maximum Gasteiger partial charge on any atom is 0.373 e. The minimum atomic E-state index is -1.34. The Balaban J connectivity index is 2.00. The predicted octanol–water partition coefficient (Wildman–Crippen LogP) is 3.01. The number of esters is 3. The number of carbonyl (C=O) groups excluding carboxylic acids is 3. The quantitative estimate of drug-likeness (QED) is 0.462. The van der Waals surface area contributed by atoms with Gasteiger partial charge in [-0.25, -0.2) is 14.4 Å². The molecule has 1 fully saturated rings. The number of cyclic esters (lactones) is 2. The van der Waals surface area contributed by atoms with Crippen molar-refractivity contribution in [1.82, 2.24) is 0 Å². The van der Waals surface area contributed by atoms with Crippen molar-refractivity contribution >= 4 is 46.2 Å². The molecule has 3 rings (SSSR count). The summed E-state index contributed by atoms with van der Waals surface area (Å²) in [5.74, 6) is -3.53. The molecule has 1 aromatic heterocycles. The lowest BCUT2D eigenvalue weighted by atomic mass is 10.2. The first-order valence-electron chi connectivity index (χ1n) is 7.98. The van der Waals surface area contributed by atoms with Gasteiger partial charge in [0.1, 0.15) is 5.58 Å². The average molecular weight is 410 g/mol. The first-order chi connectivity index (χ1) is 13.2. The zero-order valence-electron chi connectivity index (χ0n) is 15.4. The van der Waals surface area contributed by atoms with E-state index in [1.165, 1.54) is 40.2 Å². The molecule has 0 amide bonds. The van der Waals surface area contributed by atoms with E-state index in [1.54, 1.807) is 0 Å². The summed E-state index contributed by atoms with van der Waals surface area (Å²) in [4.78, 5) is 35.7. The number of furan rings is 1. The summed E-state index contributed by atoms with van der Waals surface area (Å²) in [6.45, 7) is 2.89. The van der Waals surface area contributed by atoms with Crippen LogP contribution in [0, 0.1) is 0 Å². The molecule has 1 saturated heterocycles. The number of carbonyl (C=O) groups is 3. The molecule has 0 bridgehead atoms. The lowest BCUT2D eigenvalue weighted by molar-refractivity contribution is -0.222. The number of hydrogen-bond donors (Lipinski definition) is 1. The van der Waals surface area contributed by atoms with Gasteiger partial charge < -0.3 is 28.7 Å². The highest BCUT2D eigenvalue weighted by molar-refractivity contribution is 6.37. The highest BCUT2D eigenvalue weighted by atomic mass is 35.5. The Morgan fingerprint density at radius 3 is 2.39 bits per heavy atom. The number of methoxy groups -OCH3 is 2. The first kappa shape index (κ1) is 19.6. The summed E-state index contributed by atoms with van der Waals surface area (Å²) < 4.78 is 25.4. The van der Waals surface area contributed by atoms with Gasteiger partial charge >= 0.3 is 17.9 Å². The van der Waals surface area contributed by atoms with Crippen LogP contribution in [0.3, 0.4) is 0 Å². The molecule has 1 aliphatic heterocycles. The Bertz CT molecular complexity index is 998. The van der Waals surface area contributed by atoms with Crippen LogP contribution in [-0.2, 0) is 23.8 Å². The van der Waals surface area contributed by atoms with Gasteiger partial charge in [-0.15, -0.1) is 0 Å². The van der Waals surface area contributed by atoms with Crippen molar-refractivity contribution in [3.05, 3.63) is 34.7 Å². The number of fused-ring (bicyclic) bond motifs is 1. The Hall–Kier alpha value is -3.20. The zero-order chi connectivity index (χ0) is 20.6. The molecule has 1 N–H and O–H groups in total. The largest absolute Gasteiger partial charge is 0.493 e. The van der Waals surface area contributed by atoms with Crippen LogP contribution in [0.25, 0.3) is 11.0 Å². The summed E-state index contributed by atoms with van der Waals surface area (Å²) in [7, 11) is 2.61. The Morgan fingerprint density at radius 1 is 1.18 bits per heavy atom. The molecule has 148 valence electrons. The Kier molecular flexibility index (Phi) is 4.95. The predicted molar refractivity (Wildman–Crippen MR) is 97.1 cm³/mol. The van der Waals surface area contributed by atoms with E-state index in [0.29, 0.717) is 5.39 Å². The van der Waals surface area contributed by atoms with Gasteiger partial charge in [-0.1, -0.05) is 11.6 Å². The molecular formula is C18H16ClNO8. The van der Waals surface area contributed by atoms with Crippen molar-refractivity contribution in [1.29, 1.82) is 0 Å². The molecule has 28 heavy (non-hydrogen) atoms. The highest BCUT2D eigenvalue weighted by Crippen LogP contribution is 2.41. The number of rotatable bonds is 4. The topological polar surface area (TPSA) is 113 Å². The number of anilines is 1. The molecule has 0 spiro atoms. The summed E-state index contributed by atoms with van der Waals surface area (Å²) in [5, 5.41) is 3.35. The van der Waals surface area contributed by atoms with Crippen LogP contribution < -0.4 is 10.1 Å². The molecular weight excluding hydrogens is 394 g/mol. The molecule has 0 saturated carbocycles. The highest BCUT2D eigenvalue weighted by Gasteiger charge is 2.39. The van der Waals surface area contributed by atoms with Gasteiger partial charge in [0.15, 0.2) is 11.3 Å². The number of hydrogen-bond acceptors (Lipinski definition) is 9. The second-order valence-corrected chi connectivity index (χ2v) is 6.54. The van der Waals surface area contributed by atoms with Crippen molar-refractivity contribution < 1.29 is 37.7 Å². The summed E-state index contributed by atoms with van der Waals surface area (Å²) in [6.07, 6.45) is 1.12. The normalized spacial score (nSPS) is 15.7. The van der Waals surface area contributed by atoms with E-state index in [9.17, 15) is 14.4 Å². The van der Waals surface area contributed by atoms with Crippen LogP contribution in [0.15, 0.2) is 28.3 Å². The van der Waals surface area contributed by atoms with Crippen LogP contribution in [0.1, 0.15) is 24.4 Å². The standard InChI is InChI=1S/C18H16ClNO8/c1-18(2)27-15(21)9(16(22)28-18)7-20-10-6-11-8(13(19)14(10)24-3)5-12(26-11)17(23)25-4/h5-7,20H,1-4H3. The number of ether oxygens (including phenoxy) is 4. The van der Waals surface area contributed by atoms with E-state index in [1.807, 2.05) is 0 Å². The zero-order valence-corrected chi connectivity index (χ0v) is 16.1. The molecule has 0 radical (unpaired) electrons. The number of halogens is 1. The minimum Gasteiger partial charge on any atom is -0.493 e. The molecule has 0 unspecified atom stereocenters. The molecule has 2 aromatic rings. The smallest absolute Gasteiger partial charge is 0.373 e. The fourth-order valence-electron chi connectivity index (χ4n) is 2.56. The van der Waals surface area contributed by atoms with Crippen molar-refractivity contribution in [2.45, 2.75) is 19.6 Å². The molecule has 2 heterocycles. The van der Waals surface area contributed by atoms with Crippen molar-refractivity contribution in [2.24, 2.45) is 0 Å². The molecule has 9 nitrogen and oxygen atoms in total. The van der Waals surface area contributed by atoms with E-state index < -0.39 is 23.7 Å². The second-order valence-electron chi connectivity index (χ2n) is 6.17. The second kappa shape index (κ2) is 7.08. The number of benzene rings is 1. The first-order valence-corrected chi connectivity index (χ1v) is 8.36. The lowest BCUT2D eigenvalue weighted by Crippen LogP contribution is -2.42. The molecule has 0 atom stereocenters. The average Bonchev–Trinajstić information content (AvgIpc) is 3.04. The van der Waals surface area contributed by atoms with Crippen LogP contribution in [0.5, 0.6) is 5.75 Å². The Labute approximate surface area is 164 Å². The van der Waals surface area contributed by atoms with Gasteiger partial charge in [-0.3, -0.25) is 0 Å².